The van der Waals surface area contributed by atoms with E-state index in [0.717, 1.165) is 59.1 Å². The molecule has 168 valence electrons. The molecule has 32 heavy (non-hydrogen) atoms. The van der Waals surface area contributed by atoms with Crippen LogP contribution in [0.2, 0.25) is 0 Å². The third-order valence-corrected chi connectivity index (χ3v) is 6.35. The summed E-state index contributed by atoms with van der Waals surface area (Å²) in [5, 5.41) is 3.52. The minimum atomic E-state index is 0.480. The second-order valence-corrected chi connectivity index (χ2v) is 8.69. The van der Waals surface area contributed by atoms with Crippen LogP contribution in [0.5, 0.6) is 11.5 Å². The Bertz CT molecular complexity index is 1020. The fourth-order valence-corrected chi connectivity index (χ4v) is 4.16. The molecule has 4 rings (SSSR count). The number of morpholine rings is 1. The van der Waals surface area contributed by atoms with Gasteiger partial charge in [-0.25, -0.2) is 0 Å². The summed E-state index contributed by atoms with van der Waals surface area (Å²) in [6.45, 7) is 6.62. The van der Waals surface area contributed by atoms with E-state index in [9.17, 15) is 0 Å². The smallest absolute Gasteiger partial charge is 0.167 e. The van der Waals surface area contributed by atoms with Crippen molar-refractivity contribution in [2.24, 2.45) is 0 Å². The first kappa shape index (κ1) is 22.5. The molecular weight excluding hydrogens is 468 g/mol. The van der Waals surface area contributed by atoms with E-state index >= 15 is 0 Å². The number of nitrogens with zero attached hydrogens (tertiary/aromatic N) is 1. The van der Waals surface area contributed by atoms with Crippen LogP contribution in [0.4, 0.5) is 11.4 Å². The summed E-state index contributed by atoms with van der Waals surface area (Å²) in [7, 11) is 1.67. The van der Waals surface area contributed by atoms with Gasteiger partial charge in [0.15, 0.2) is 11.5 Å². The van der Waals surface area contributed by atoms with Crippen molar-refractivity contribution in [3.8, 4) is 11.5 Å². The zero-order chi connectivity index (χ0) is 22.3. The second-order valence-electron chi connectivity index (χ2n) is 7.83. The Balaban J connectivity index is 1.46. The number of nitrogens with one attached hydrogen (secondary N) is 1. The highest BCUT2D eigenvalue weighted by Gasteiger charge is 2.15. The largest absolute Gasteiger partial charge is 0.493 e. The van der Waals surface area contributed by atoms with Crippen LogP contribution in [0.15, 0.2) is 65.1 Å². The molecule has 1 N–H and O–H groups in total. The van der Waals surface area contributed by atoms with Crippen LogP contribution in [-0.2, 0) is 17.9 Å². The monoisotopic (exact) mass is 496 g/mol. The van der Waals surface area contributed by atoms with Gasteiger partial charge in [-0.15, -0.1) is 0 Å². The molecule has 3 aromatic rings. The normalized spacial score (nSPS) is 13.7. The molecule has 0 bridgehead atoms. The zero-order valence-electron chi connectivity index (χ0n) is 18.6. The van der Waals surface area contributed by atoms with Crippen LogP contribution in [0.25, 0.3) is 0 Å². The van der Waals surface area contributed by atoms with Gasteiger partial charge in [0.05, 0.1) is 20.3 Å². The molecule has 1 heterocycles. The lowest BCUT2D eigenvalue weighted by Crippen LogP contribution is -2.36. The summed E-state index contributed by atoms with van der Waals surface area (Å²) in [5.74, 6) is 1.47. The van der Waals surface area contributed by atoms with Gasteiger partial charge in [0.2, 0.25) is 0 Å². The predicted molar refractivity (Wildman–Crippen MR) is 133 cm³/mol. The molecule has 0 aromatic heterocycles. The summed E-state index contributed by atoms with van der Waals surface area (Å²) in [6.07, 6.45) is 0. The summed E-state index contributed by atoms with van der Waals surface area (Å²) in [4.78, 5) is 2.35. The summed E-state index contributed by atoms with van der Waals surface area (Å²) < 4.78 is 18.3. The average Bonchev–Trinajstić information content (AvgIpc) is 2.84. The minimum absolute atomic E-state index is 0.480. The lowest BCUT2D eigenvalue weighted by atomic mass is 10.1. The SMILES string of the molecule is COc1ccc(Br)c(CNc2ccc(N3CCOCC3)cc2)c1OCc1ccc(C)cc1. The average molecular weight is 497 g/mol. The number of ether oxygens (including phenoxy) is 3. The van der Waals surface area contributed by atoms with E-state index < -0.39 is 0 Å². The molecule has 3 aromatic carbocycles. The minimum Gasteiger partial charge on any atom is -0.493 e. The second kappa shape index (κ2) is 10.7. The number of benzene rings is 3. The number of anilines is 2. The van der Waals surface area contributed by atoms with Crippen LogP contribution < -0.4 is 19.7 Å². The molecule has 0 atom stereocenters. The third-order valence-electron chi connectivity index (χ3n) is 5.60. The van der Waals surface area contributed by atoms with Crippen molar-refractivity contribution >= 4 is 27.3 Å². The van der Waals surface area contributed by atoms with Crippen molar-refractivity contribution in [2.75, 3.05) is 43.6 Å². The molecule has 1 fully saturated rings. The maximum absolute atomic E-state index is 6.24. The van der Waals surface area contributed by atoms with Crippen LogP contribution in [0.1, 0.15) is 16.7 Å². The van der Waals surface area contributed by atoms with Crippen molar-refractivity contribution in [1.82, 2.24) is 0 Å². The molecule has 0 aliphatic carbocycles. The van der Waals surface area contributed by atoms with E-state index in [1.54, 1.807) is 7.11 Å². The standard InChI is InChI=1S/C26H29BrN2O3/c1-19-3-5-20(6-4-19)18-32-26-23(24(27)11-12-25(26)30-2)17-28-21-7-9-22(10-8-21)29-13-15-31-16-14-29/h3-12,28H,13-18H2,1-2H3. The molecule has 1 saturated heterocycles. The zero-order valence-corrected chi connectivity index (χ0v) is 20.2. The molecule has 0 unspecified atom stereocenters. The van der Waals surface area contributed by atoms with Crippen molar-refractivity contribution in [3.05, 3.63) is 81.8 Å². The first-order valence-electron chi connectivity index (χ1n) is 10.8. The molecule has 0 radical (unpaired) electrons. The van der Waals surface area contributed by atoms with Crippen LogP contribution in [0, 0.1) is 6.92 Å². The number of methoxy groups -OCH3 is 1. The maximum atomic E-state index is 6.24. The van der Waals surface area contributed by atoms with E-state index in [1.165, 1.54) is 11.3 Å². The lowest BCUT2D eigenvalue weighted by Gasteiger charge is -2.29. The van der Waals surface area contributed by atoms with Gasteiger partial charge in [-0.3, -0.25) is 0 Å². The number of aryl methyl sites for hydroxylation is 1. The van der Waals surface area contributed by atoms with E-state index in [1.807, 2.05) is 12.1 Å². The fourth-order valence-electron chi connectivity index (χ4n) is 3.71. The molecule has 6 heteroatoms. The highest BCUT2D eigenvalue weighted by Crippen LogP contribution is 2.37. The Hall–Kier alpha value is -2.70. The van der Waals surface area contributed by atoms with Crippen molar-refractivity contribution in [2.45, 2.75) is 20.1 Å². The van der Waals surface area contributed by atoms with Crippen LogP contribution >= 0.6 is 15.9 Å². The first-order valence-corrected chi connectivity index (χ1v) is 11.6. The highest BCUT2D eigenvalue weighted by molar-refractivity contribution is 9.10. The van der Waals surface area contributed by atoms with E-state index in [0.29, 0.717) is 13.2 Å². The number of hydrogen-bond acceptors (Lipinski definition) is 5. The molecule has 0 spiro atoms. The Morgan fingerprint density at radius 2 is 1.69 bits per heavy atom. The van der Waals surface area contributed by atoms with Crippen molar-refractivity contribution in [1.29, 1.82) is 0 Å². The number of halogens is 1. The van der Waals surface area contributed by atoms with E-state index in [-0.39, 0.29) is 0 Å². The van der Waals surface area contributed by atoms with Gasteiger partial charge in [0, 0.05) is 41.0 Å². The van der Waals surface area contributed by atoms with Gasteiger partial charge < -0.3 is 24.4 Å². The maximum Gasteiger partial charge on any atom is 0.167 e. The fraction of sp³-hybridized carbons (Fsp3) is 0.308. The van der Waals surface area contributed by atoms with Gasteiger partial charge in [0.25, 0.3) is 0 Å². The highest BCUT2D eigenvalue weighted by atomic mass is 79.9. The summed E-state index contributed by atoms with van der Waals surface area (Å²) in [5.41, 5.74) is 5.66. The van der Waals surface area contributed by atoms with Crippen molar-refractivity contribution in [3.63, 3.8) is 0 Å². The molecular formula is C26H29BrN2O3. The van der Waals surface area contributed by atoms with Gasteiger partial charge in [-0.05, 0) is 48.9 Å². The van der Waals surface area contributed by atoms with E-state index in [2.05, 4.69) is 81.6 Å². The topological polar surface area (TPSA) is 43.0 Å². The van der Waals surface area contributed by atoms with Gasteiger partial charge in [-0.1, -0.05) is 45.8 Å². The van der Waals surface area contributed by atoms with Gasteiger partial charge in [-0.2, -0.15) is 0 Å². The number of hydrogen-bond donors (Lipinski definition) is 1. The van der Waals surface area contributed by atoms with Gasteiger partial charge in [0.1, 0.15) is 6.61 Å². The summed E-state index contributed by atoms with van der Waals surface area (Å²) in [6, 6.07) is 20.8. The van der Waals surface area contributed by atoms with Crippen molar-refractivity contribution < 1.29 is 14.2 Å². The number of rotatable bonds is 8. The molecule has 0 saturated carbocycles. The third kappa shape index (κ3) is 5.56. The molecule has 5 nitrogen and oxygen atoms in total. The predicted octanol–water partition coefficient (Wildman–Crippen LogP) is 5.79. The first-order chi connectivity index (χ1) is 15.6. The Morgan fingerprint density at radius 1 is 0.969 bits per heavy atom. The molecule has 1 aliphatic rings. The van der Waals surface area contributed by atoms with Gasteiger partial charge >= 0.3 is 0 Å². The van der Waals surface area contributed by atoms with Crippen LogP contribution in [-0.4, -0.2) is 33.4 Å². The summed E-state index contributed by atoms with van der Waals surface area (Å²) >= 11 is 3.69. The lowest BCUT2D eigenvalue weighted by molar-refractivity contribution is 0.122. The quantitative estimate of drug-likeness (QED) is 0.427. The Kier molecular flexibility index (Phi) is 7.55. The van der Waals surface area contributed by atoms with Crippen LogP contribution in [0.3, 0.4) is 0 Å². The Labute approximate surface area is 198 Å². The Morgan fingerprint density at radius 3 is 2.38 bits per heavy atom. The molecule has 0 amide bonds. The molecule has 1 aliphatic heterocycles. The van der Waals surface area contributed by atoms with E-state index in [4.69, 9.17) is 14.2 Å².